The summed E-state index contributed by atoms with van der Waals surface area (Å²) in [5.41, 5.74) is 9.59. The molecule has 12 nitrogen and oxygen atoms in total. The molecule has 0 saturated carbocycles. The average Bonchev–Trinajstić information content (AvgIpc) is 3.48. The minimum absolute atomic E-state index is 0.0178. The third-order valence-electron chi connectivity index (χ3n) is 5.13. The number of benzene rings is 1. The number of H-pyrrole nitrogens is 1. The Kier molecular flexibility index (Phi) is 5.09. The van der Waals surface area contributed by atoms with Crippen molar-refractivity contribution < 1.29 is 4.79 Å². The minimum Gasteiger partial charge on any atom is -0.368 e. The number of nitrogen functional groups attached to an aromatic ring is 1. The molecule has 33 heavy (non-hydrogen) atoms. The number of aromatic amines is 1. The van der Waals surface area contributed by atoms with E-state index in [4.69, 9.17) is 5.73 Å². The quantitative estimate of drug-likeness (QED) is 0.296. The van der Waals surface area contributed by atoms with Crippen LogP contribution in [-0.4, -0.2) is 45.2 Å². The molecule has 0 saturated heterocycles. The first-order chi connectivity index (χ1) is 16.0. The summed E-state index contributed by atoms with van der Waals surface area (Å²) in [6.07, 6.45) is 1.55. The highest BCUT2D eigenvalue weighted by Gasteiger charge is 2.16. The van der Waals surface area contributed by atoms with Gasteiger partial charge in [-0.25, -0.2) is 14.6 Å². The molecule has 5 rings (SSSR count). The Hall–Kier alpha value is -4.48. The molecule has 1 aromatic carbocycles. The number of anilines is 3. The fraction of sp³-hybridized carbons (Fsp3) is 0.238. The third kappa shape index (κ3) is 4.05. The van der Waals surface area contributed by atoms with Crippen molar-refractivity contribution in [3.05, 3.63) is 48.2 Å². The Bertz CT molecular complexity index is 1430. The van der Waals surface area contributed by atoms with Crippen LogP contribution in [0, 0.1) is 6.92 Å². The van der Waals surface area contributed by atoms with Crippen molar-refractivity contribution in [3.8, 4) is 0 Å². The lowest BCUT2D eigenvalue weighted by Crippen LogP contribution is -2.20. The van der Waals surface area contributed by atoms with E-state index >= 15 is 0 Å². The Balaban J connectivity index is 1.35. The van der Waals surface area contributed by atoms with Crippen molar-refractivity contribution in [2.45, 2.75) is 33.5 Å². The van der Waals surface area contributed by atoms with Gasteiger partial charge in [0.05, 0.1) is 29.6 Å². The highest BCUT2D eigenvalue weighted by molar-refractivity contribution is 5.91. The molecular weight excluding hydrogens is 422 g/mol. The number of fused-ring (bicyclic) bond motifs is 2. The molecule has 12 heteroatoms. The smallest absolute Gasteiger partial charge is 0.245 e. The van der Waals surface area contributed by atoms with Gasteiger partial charge in [-0.3, -0.25) is 4.79 Å². The number of amides is 1. The maximum absolute atomic E-state index is 12.7. The SMILES string of the molecule is CCn1nc(C)cc1NC(=O)Cn1cnc2c(NCc3nc4ccccc4[nH]3)nc(N)nc21. The monoisotopic (exact) mass is 445 g/mol. The first kappa shape index (κ1) is 20.4. The van der Waals surface area contributed by atoms with E-state index in [1.165, 1.54) is 0 Å². The van der Waals surface area contributed by atoms with Gasteiger partial charge in [0.1, 0.15) is 18.2 Å². The van der Waals surface area contributed by atoms with Gasteiger partial charge < -0.3 is 25.9 Å². The van der Waals surface area contributed by atoms with Crippen LogP contribution < -0.4 is 16.4 Å². The highest BCUT2D eigenvalue weighted by Crippen LogP contribution is 2.21. The van der Waals surface area contributed by atoms with Gasteiger partial charge in [0.2, 0.25) is 11.9 Å². The normalized spacial score (nSPS) is 11.3. The van der Waals surface area contributed by atoms with E-state index in [-0.39, 0.29) is 18.4 Å². The van der Waals surface area contributed by atoms with E-state index in [2.05, 4.69) is 40.7 Å². The van der Waals surface area contributed by atoms with Crippen molar-refractivity contribution in [2.75, 3.05) is 16.4 Å². The van der Waals surface area contributed by atoms with E-state index < -0.39 is 0 Å². The van der Waals surface area contributed by atoms with Crippen LogP contribution in [0.3, 0.4) is 0 Å². The Morgan fingerprint density at radius 2 is 2.06 bits per heavy atom. The largest absolute Gasteiger partial charge is 0.368 e. The molecule has 4 heterocycles. The summed E-state index contributed by atoms with van der Waals surface area (Å²) in [5, 5.41) is 10.4. The van der Waals surface area contributed by atoms with E-state index in [9.17, 15) is 4.79 Å². The lowest BCUT2D eigenvalue weighted by molar-refractivity contribution is -0.116. The van der Waals surface area contributed by atoms with Crippen molar-refractivity contribution in [1.82, 2.24) is 39.3 Å². The number of carbonyl (C=O) groups is 1. The van der Waals surface area contributed by atoms with E-state index in [1.54, 1.807) is 15.6 Å². The molecule has 5 aromatic rings. The molecule has 0 aliphatic heterocycles. The predicted octanol–water partition coefficient (Wildman–Crippen LogP) is 2.06. The summed E-state index contributed by atoms with van der Waals surface area (Å²) in [7, 11) is 0. The molecule has 4 aromatic heterocycles. The van der Waals surface area contributed by atoms with Gasteiger partial charge in [0, 0.05) is 12.6 Å². The lowest BCUT2D eigenvalue weighted by atomic mass is 10.3. The maximum Gasteiger partial charge on any atom is 0.245 e. The molecule has 0 unspecified atom stereocenters. The summed E-state index contributed by atoms with van der Waals surface area (Å²) in [6.45, 7) is 4.91. The number of nitrogens with one attached hydrogen (secondary N) is 3. The van der Waals surface area contributed by atoms with Crippen molar-refractivity contribution in [3.63, 3.8) is 0 Å². The molecule has 0 radical (unpaired) electrons. The molecule has 5 N–H and O–H groups in total. The third-order valence-corrected chi connectivity index (χ3v) is 5.13. The molecular formula is C21H23N11O. The van der Waals surface area contributed by atoms with Gasteiger partial charge in [0.15, 0.2) is 17.0 Å². The number of nitrogens with two attached hydrogens (primary N) is 1. The number of hydrogen-bond acceptors (Lipinski definition) is 8. The maximum atomic E-state index is 12.7. The fourth-order valence-electron chi connectivity index (χ4n) is 3.68. The van der Waals surface area contributed by atoms with Gasteiger partial charge in [-0.1, -0.05) is 12.1 Å². The zero-order valence-electron chi connectivity index (χ0n) is 18.2. The Morgan fingerprint density at radius 1 is 1.21 bits per heavy atom. The highest BCUT2D eigenvalue weighted by atomic mass is 16.2. The summed E-state index contributed by atoms with van der Waals surface area (Å²) in [5.74, 6) is 1.72. The second kappa shape index (κ2) is 8.22. The number of nitrogens with zero attached hydrogens (tertiary/aromatic N) is 7. The number of hydrogen-bond donors (Lipinski definition) is 4. The topological polar surface area (TPSA) is 157 Å². The molecule has 0 fully saturated rings. The number of imidazole rings is 2. The van der Waals surface area contributed by atoms with Crippen LogP contribution in [-0.2, 0) is 24.4 Å². The van der Waals surface area contributed by atoms with E-state index in [0.29, 0.717) is 35.9 Å². The number of rotatable bonds is 7. The van der Waals surface area contributed by atoms with Crippen LogP contribution in [0.2, 0.25) is 0 Å². The number of aryl methyl sites for hydroxylation is 2. The molecule has 0 spiro atoms. The summed E-state index contributed by atoms with van der Waals surface area (Å²) < 4.78 is 3.37. The fourth-order valence-corrected chi connectivity index (χ4v) is 3.68. The lowest BCUT2D eigenvalue weighted by Gasteiger charge is -2.09. The second-order valence-corrected chi connectivity index (χ2v) is 7.56. The Labute approximate surface area is 188 Å². The summed E-state index contributed by atoms with van der Waals surface area (Å²) in [4.78, 5) is 33.5. The van der Waals surface area contributed by atoms with Gasteiger partial charge in [-0.15, -0.1) is 0 Å². The van der Waals surface area contributed by atoms with Gasteiger partial charge in [0.25, 0.3) is 0 Å². The van der Waals surface area contributed by atoms with E-state index in [1.807, 2.05) is 44.2 Å². The summed E-state index contributed by atoms with van der Waals surface area (Å²) >= 11 is 0. The molecule has 168 valence electrons. The minimum atomic E-state index is -0.224. The number of aromatic nitrogens is 8. The predicted molar refractivity (Wildman–Crippen MR) is 124 cm³/mol. The standard InChI is InChI=1S/C21H23N11O/c1-3-32-16(8-12(2)30-32)27-17(33)10-31-11-24-18-19(28-21(22)29-20(18)31)23-9-15-25-13-6-4-5-7-14(13)26-15/h4-8,11H,3,9-10H2,1-2H3,(H,25,26)(H,27,33)(H3,22,23,28,29). The summed E-state index contributed by atoms with van der Waals surface area (Å²) in [6, 6.07) is 9.63. The van der Waals surface area contributed by atoms with Crippen molar-refractivity contribution in [2.24, 2.45) is 0 Å². The molecule has 0 aliphatic rings. The Morgan fingerprint density at radius 3 is 2.88 bits per heavy atom. The second-order valence-electron chi connectivity index (χ2n) is 7.56. The molecule has 0 aliphatic carbocycles. The number of carbonyl (C=O) groups excluding carboxylic acids is 1. The first-order valence-corrected chi connectivity index (χ1v) is 10.5. The van der Waals surface area contributed by atoms with Crippen molar-refractivity contribution >= 4 is 45.7 Å². The van der Waals surface area contributed by atoms with Gasteiger partial charge in [-0.2, -0.15) is 15.1 Å². The van der Waals surface area contributed by atoms with E-state index in [0.717, 1.165) is 22.6 Å². The zero-order valence-corrected chi connectivity index (χ0v) is 18.2. The van der Waals surface area contributed by atoms with Crippen molar-refractivity contribution in [1.29, 1.82) is 0 Å². The molecule has 1 amide bonds. The van der Waals surface area contributed by atoms with Crippen LogP contribution >= 0.6 is 0 Å². The number of para-hydroxylation sites is 2. The van der Waals surface area contributed by atoms with Crippen LogP contribution in [0.1, 0.15) is 18.4 Å². The molecule has 0 bridgehead atoms. The van der Waals surface area contributed by atoms with Gasteiger partial charge >= 0.3 is 0 Å². The van der Waals surface area contributed by atoms with Crippen LogP contribution in [0.5, 0.6) is 0 Å². The molecule has 0 atom stereocenters. The first-order valence-electron chi connectivity index (χ1n) is 10.5. The average molecular weight is 445 g/mol. The van der Waals surface area contributed by atoms with Gasteiger partial charge in [-0.05, 0) is 26.0 Å². The zero-order chi connectivity index (χ0) is 22.9. The van der Waals surface area contributed by atoms with Crippen LogP contribution in [0.4, 0.5) is 17.6 Å². The van der Waals surface area contributed by atoms with Crippen LogP contribution in [0.25, 0.3) is 22.2 Å². The van der Waals surface area contributed by atoms with Crippen LogP contribution in [0.15, 0.2) is 36.7 Å².